The SMILES string of the molecule is C#CCC1CCCN(C(=O)OCc2ccccc2)C1. The van der Waals surface area contributed by atoms with E-state index < -0.39 is 0 Å². The van der Waals surface area contributed by atoms with Gasteiger partial charge in [-0.15, -0.1) is 12.3 Å². The summed E-state index contributed by atoms with van der Waals surface area (Å²) in [6, 6.07) is 9.72. The minimum absolute atomic E-state index is 0.231. The van der Waals surface area contributed by atoms with Gasteiger partial charge in [0, 0.05) is 19.5 Å². The maximum atomic E-state index is 12.0. The van der Waals surface area contributed by atoms with Gasteiger partial charge in [-0.25, -0.2) is 4.79 Å². The Bertz CT molecular complexity index is 450. The molecule has 2 rings (SSSR count). The molecule has 0 aromatic heterocycles. The van der Waals surface area contributed by atoms with Crippen LogP contribution >= 0.6 is 0 Å². The van der Waals surface area contributed by atoms with Gasteiger partial charge in [0.05, 0.1) is 0 Å². The van der Waals surface area contributed by atoms with E-state index in [-0.39, 0.29) is 6.09 Å². The van der Waals surface area contributed by atoms with E-state index in [1.807, 2.05) is 30.3 Å². The summed E-state index contributed by atoms with van der Waals surface area (Å²) in [5, 5.41) is 0. The second kappa shape index (κ2) is 6.84. The molecule has 1 heterocycles. The molecule has 0 bridgehead atoms. The van der Waals surface area contributed by atoms with E-state index in [1.165, 1.54) is 0 Å². The number of amides is 1. The Kier molecular flexibility index (Phi) is 4.85. The lowest BCUT2D eigenvalue weighted by molar-refractivity contribution is 0.0796. The third kappa shape index (κ3) is 4.03. The summed E-state index contributed by atoms with van der Waals surface area (Å²) in [6.07, 6.45) is 7.95. The fourth-order valence-corrected chi connectivity index (χ4v) is 2.37. The standard InChI is InChI=1S/C16H19NO2/c1-2-7-14-10-6-11-17(12-14)16(18)19-13-15-8-4-3-5-9-15/h1,3-5,8-9,14H,6-7,10-13H2. The first kappa shape index (κ1) is 13.5. The number of carbonyl (C=O) groups excluding carboxylic acids is 1. The Morgan fingerprint density at radius 2 is 2.21 bits per heavy atom. The highest BCUT2D eigenvalue weighted by molar-refractivity contribution is 5.67. The number of likely N-dealkylation sites (tertiary alicyclic amines) is 1. The third-order valence-electron chi connectivity index (χ3n) is 3.39. The van der Waals surface area contributed by atoms with Crippen LogP contribution in [-0.2, 0) is 11.3 Å². The molecule has 1 unspecified atom stereocenters. The summed E-state index contributed by atoms with van der Waals surface area (Å²) in [5.41, 5.74) is 1.01. The second-order valence-electron chi connectivity index (χ2n) is 4.90. The highest BCUT2D eigenvalue weighted by Crippen LogP contribution is 2.19. The number of hydrogen-bond acceptors (Lipinski definition) is 2. The van der Waals surface area contributed by atoms with Crippen LogP contribution in [0.25, 0.3) is 0 Å². The first-order valence-corrected chi connectivity index (χ1v) is 6.68. The maximum Gasteiger partial charge on any atom is 0.410 e. The fourth-order valence-electron chi connectivity index (χ4n) is 2.37. The number of carbonyl (C=O) groups is 1. The number of terminal acetylenes is 1. The Hall–Kier alpha value is -1.95. The van der Waals surface area contributed by atoms with Crippen LogP contribution in [0.3, 0.4) is 0 Å². The molecular weight excluding hydrogens is 238 g/mol. The zero-order valence-corrected chi connectivity index (χ0v) is 11.0. The number of rotatable bonds is 3. The molecule has 0 aliphatic carbocycles. The maximum absolute atomic E-state index is 12.0. The molecule has 1 atom stereocenters. The zero-order valence-electron chi connectivity index (χ0n) is 11.0. The number of benzene rings is 1. The van der Waals surface area contributed by atoms with Gasteiger partial charge in [-0.05, 0) is 24.3 Å². The molecule has 1 aliphatic rings. The van der Waals surface area contributed by atoms with E-state index >= 15 is 0 Å². The van der Waals surface area contributed by atoms with Crippen molar-refractivity contribution in [1.82, 2.24) is 4.90 Å². The average Bonchev–Trinajstić information content (AvgIpc) is 2.46. The van der Waals surface area contributed by atoms with Crippen molar-refractivity contribution in [2.45, 2.75) is 25.9 Å². The summed E-state index contributed by atoms with van der Waals surface area (Å²) in [7, 11) is 0. The number of ether oxygens (including phenoxy) is 1. The van der Waals surface area contributed by atoms with Gasteiger partial charge in [-0.2, -0.15) is 0 Å². The van der Waals surface area contributed by atoms with E-state index in [2.05, 4.69) is 5.92 Å². The molecule has 0 saturated carbocycles. The Balaban J connectivity index is 1.81. The molecule has 0 spiro atoms. The van der Waals surface area contributed by atoms with Crippen molar-refractivity contribution in [3.63, 3.8) is 0 Å². The molecule has 1 fully saturated rings. The highest BCUT2D eigenvalue weighted by Gasteiger charge is 2.23. The van der Waals surface area contributed by atoms with Crippen LogP contribution in [0.1, 0.15) is 24.8 Å². The summed E-state index contributed by atoms with van der Waals surface area (Å²) >= 11 is 0. The molecular formula is C16H19NO2. The van der Waals surface area contributed by atoms with Crippen LogP contribution in [-0.4, -0.2) is 24.1 Å². The first-order valence-electron chi connectivity index (χ1n) is 6.68. The molecule has 0 radical (unpaired) electrons. The van der Waals surface area contributed by atoms with Crippen LogP contribution in [0.4, 0.5) is 4.79 Å². The minimum Gasteiger partial charge on any atom is -0.445 e. The fraction of sp³-hybridized carbons (Fsp3) is 0.438. The molecule has 100 valence electrons. The molecule has 19 heavy (non-hydrogen) atoms. The minimum atomic E-state index is -0.231. The van der Waals surface area contributed by atoms with E-state index in [0.717, 1.165) is 37.9 Å². The predicted octanol–water partition coefficient (Wildman–Crippen LogP) is 3.06. The van der Waals surface area contributed by atoms with Crippen molar-refractivity contribution in [1.29, 1.82) is 0 Å². The smallest absolute Gasteiger partial charge is 0.410 e. The largest absolute Gasteiger partial charge is 0.445 e. The van der Waals surface area contributed by atoms with Gasteiger partial charge in [0.2, 0.25) is 0 Å². The molecule has 3 heteroatoms. The lowest BCUT2D eigenvalue weighted by atomic mass is 9.95. The summed E-state index contributed by atoms with van der Waals surface area (Å²) < 4.78 is 5.33. The van der Waals surface area contributed by atoms with Gasteiger partial charge in [0.25, 0.3) is 0 Å². The number of hydrogen-bond donors (Lipinski definition) is 0. The van der Waals surface area contributed by atoms with Crippen LogP contribution < -0.4 is 0 Å². The Labute approximate surface area is 114 Å². The predicted molar refractivity (Wildman–Crippen MR) is 74.4 cm³/mol. The molecule has 1 aliphatic heterocycles. The lowest BCUT2D eigenvalue weighted by Gasteiger charge is -2.31. The molecule has 1 aromatic carbocycles. The monoisotopic (exact) mass is 257 g/mol. The van der Waals surface area contributed by atoms with Gasteiger partial charge in [-0.1, -0.05) is 30.3 Å². The summed E-state index contributed by atoms with van der Waals surface area (Å²) in [5.74, 6) is 3.10. The first-order chi connectivity index (χ1) is 9.29. The highest BCUT2D eigenvalue weighted by atomic mass is 16.6. The van der Waals surface area contributed by atoms with E-state index in [1.54, 1.807) is 4.90 Å². The van der Waals surface area contributed by atoms with Crippen molar-refractivity contribution in [3.05, 3.63) is 35.9 Å². The van der Waals surface area contributed by atoms with Gasteiger partial charge in [0.15, 0.2) is 0 Å². The molecule has 1 amide bonds. The quantitative estimate of drug-likeness (QED) is 0.779. The van der Waals surface area contributed by atoms with Crippen LogP contribution in [0.5, 0.6) is 0 Å². The van der Waals surface area contributed by atoms with Crippen molar-refractivity contribution in [2.75, 3.05) is 13.1 Å². The molecule has 3 nitrogen and oxygen atoms in total. The van der Waals surface area contributed by atoms with E-state index in [0.29, 0.717) is 12.5 Å². The Morgan fingerprint density at radius 3 is 2.95 bits per heavy atom. The van der Waals surface area contributed by atoms with Gasteiger partial charge < -0.3 is 9.64 Å². The summed E-state index contributed by atoms with van der Waals surface area (Å²) in [4.78, 5) is 13.7. The molecule has 0 N–H and O–H groups in total. The number of nitrogens with zero attached hydrogens (tertiary/aromatic N) is 1. The Morgan fingerprint density at radius 1 is 1.42 bits per heavy atom. The van der Waals surface area contributed by atoms with Crippen molar-refractivity contribution in [2.24, 2.45) is 5.92 Å². The van der Waals surface area contributed by atoms with Gasteiger partial charge in [-0.3, -0.25) is 0 Å². The topological polar surface area (TPSA) is 29.5 Å². The van der Waals surface area contributed by atoms with Crippen molar-refractivity contribution in [3.8, 4) is 12.3 Å². The van der Waals surface area contributed by atoms with Crippen molar-refractivity contribution < 1.29 is 9.53 Å². The van der Waals surface area contributed by atoms with Crippen LogP contribution in [0.2, 0.25) is 0 Å². The molecule has 1 saturated heterocycles. The average molecular weight is 257 g/mol. The summed E-state index contributed by atoms with van der Waals surface area (Å²) in [6.45, 7) is 1.82. The van der Waals surface area contributed by atoms with Crippen molar-refractivity contribution >= 4 is 6.09 Å². The third-order valence-corrected chi connectivity index (χ3v) is 3.39. The second-order valence-corrected chi connectivity index (χ2v) is 4.90. The molecule has 1 aromatic rings. The van der Waals surface area contributed by atoms with Gasteiger partial charge in [0.1, 0.15) is 6.61 Å². The van der Waals surface area contributed by atoms with E-state index in [4.69, 9.17) is 11.2 Å². The number of piperidine rings is 1. The lowest BCUT2D eigenvalue weighted by Crippen LogP contribution is -2.40. The van der Waals surface area contributed by atoms with Crippen LogP contribution in [0.15, 0.2) is 30.3 Å². The normalized spacial score (nSPS) is 18.7. The van der Waals surface area contributed by atoms with E-state index in [9.17, 15) is 4.79 Å². The van der Waals surface area contributed by atoms with Crippen LogP contribution in [0, 0.1) is 18.3 Å². The zero-order chi connectivity index (χ0) is 13.5. The van der Waals surface area contributed by atoms with Gasteiger partial charge >= 0.3 is 6.09 Å².